The van der Waals surface area contributed by atoms with Crippen molar-refractivity contribution >= 4 is 23.5 Å². The van der Waals surface area contributed by atoms with Crippen molar-refractivity contribution in [3.8, 4) is 0 Å². The fourth-order valence-corrected chi connectivity index (χ4v) is 1.52. The first kappa shape index (κ1) is 16.6. The summed E-state index contributed by atoms with van der Waals surface area (Å²) in [6, 6.07) is 5.47. The van der Waals surface area contributed by atoms with Crippen molar-refractivity contribution < 1.29 is 24.2 Å². The molecule has 1 aromatic rings. The normalized spacial score (nSPS) is 11.4. The van der Waals surface area contributed by atoms with Crippen LogP contribution in [0.15, 0.2) is 24.3 Å². The van der Waals surface area contributed by atoms with Crippen LogP contribution in [0.3, 0.4) is 0 Å². The van der Waals surface area contributed by atoms with Crippen molar-refractivity contribution in [3.63, 3.8) is 0 Å². The molecule has 0 fully saturated rings. The van der Waals surface area contributed by atoms with E-state index in [9.17, 15) is 14.4 Å². The van der Waals surface area contributed by atoms with E-state index in [-0.39, 0.29) is 6.61 Å². The first-order valence-electron chi connectivity index (χ1n) is 6.42. The number of nitrogens with one attached hydrogen (secondary N) is 2. The molecule has 7 heteroatoms. The molecule has 114 valence electrons. The zero-order chi connectivity index (χ0) is 15.8. The van der Waals surface area contributed by atoms with E-state index in [1.54, 1.807) is 6.92 Å². The topological polar surface area (TPSA) is 105 Å². The van der Waals surface area contributed by atoms with Gasteiger partial charge in [-0.3, -0.25) is 9.59 Å². The highest BCUT2D eigenvalue weighted by atomic mass is 16.5. The second-order valence-electron chi connectivity index (χ2n) is 4.28. The summed E-state index contributed by atoms with van der Waals surface area (Å²) >= 11 is 0. The van der Waals surface area contributed by atoms with E-state index >= 15 is 0 Å². The molecule has 1 atom stereocenters. The first-order chi connectivity index (χ1) is 10.0. The lowest BCUT2D eigenvalue weighted by Crippen LogP contribution is -2.43. The molecule has 3 N–H and O–H groups in total. The van der Waals surface area contributed by atoms with Crippen molar-refractivity contribution in [2.24, 2.45) is 0 Å². The molecule has 0 saturated heterocycles. The minimum Gasteiger partial charge on any atom is -0.465 e. The average molecular weight is 294 g/mol. The number of methoxy groups -OCH3 is 1. The van der Waals surface area contributed by atoms with Crippen LogP contribution < -0.4 is 10.6 Å². The van der Waals surface area contributed by atoms with Gasteiger partial charge in [-0.2, -0.15) is 0 Å². The lowest BCUT2D eigenvalue weighted by molar-refractivity contribution is -0.136. The first-order valence-corrected chi connectivity index (χ1v) is 6.42. The average Bonchev–Trinajstić information content (AvgIpc) is 2.52. The lowest BCUT2D eigenvalue weighted by Gasteiger charge is -2.13. The maximum Gasteiger partial charge on any atom is 0.337 e. The number of amides is 2. The summed E-state index contributed by atoms with van der Waals surface area (Å²) in [5.41, 5.74) is 0.714. The smallest absolute Gasteiger partial charge is 0.337 e. The zero-order valence-corrected chi connectivity index (χ0v) is 11.9. The van der Waals surface area contributed by atoms with Crippen LogP contribution in [-0.4, -0.2) is 42.6 Å². The largest absolute Gasteiger partial charge is 0.465 e. The van der Waals surface area contributed by atoms with Gasteiger partial charge in [0.1, 0.15) is 0 Å². The minimum atomic E-state index is -0.840. The number of ether oxygens (including phenoxy) is 1. The van der Waals surface area contributed by atoms with E-state index < -0.39 is 23.8 Å². The number of carbonyl (C=O) groups is 3. The number of rotatable bonds is 5. The molecule has 1 unspecified atom stereocenters. The summed E-state index contributed by atoms with van der Waals surface area (Å²) in [5.74, 6) is -2.15. The highest BCUT2D eigenvalue weighted by Gasteiger charge is 2.17. The second-order valence-corrected chi connectivity index (χ2v) is 4.28. The Morgan fingerprint density at radius 3 is 2.29 bits per heavy atom. The molecule has 0 radical (unpaired) electrons. The highest BCUT2D eigenvalue weighted by Crippen LogP contribution is 2.10. The van der Waals surface area contributed by atoms with Crippen LogP contribution in [0.1, 0.15) is 23.7 Å². The number of aliphatic hydroxyl groups excluding tert-OH is 1. The van der Waals surface area contributed by atoms with Gasteiger partial charge in [-0.15, -0.1) is 0 Å². The Balaban J connectivity index is 2.62. The summed E-state index contributed by atoms with van der Waals surface area (Å²) in [6.45, 7) is 1.55. The van der Waals surface area contributed by atoms with Gasteiger partial charge in [0, 0.05) is 5.69 Å². The molecule has 0 spiro atoms. The standard InChI is InChI=1S/C14H18N2O5/c1-3-10(8-17)15-12(18)13(19)16-11-6-4-9(5-7-11)14(20)21-2/h4-7,10,17H,3,8H2,1-2H3,(H,15,18)(H,16,19). The maximum absolute atomic E-state index is 11.7. The Morgan fingerprint density at radius 1 is 1.19 bits per heavy atom. The molecule has 0 aromatic heterocycles. The fraction of sp³-hybridized carbons (Fsp3) is 0.357. The lowest BCUT2D eigenvalue weighted by atomic mass is 10.2. The maximum atomic E-state index is 11.7. The van der Waals surface area contributed by atoms with Crippen molar-refractivity contribution in [2.45, 2.75) is 19.4 Å². The molecule has 7 nitrogen and oxygen atoms in total. The Bertz CT molecular complexity index is 509. The van der Waals surface area contributed by atoms with Crippen molar-refractivity contribution in [2.75, 3.05) is 19.0 Å². The van der Waals surface area contributed by atoms with Crippen LogP contribution >= 0.6 is 0 Å². The third-order valence-corrected chi connectivity index (χ3v) is 2.82. The molecule has 1 rings (SSSR count). The summed E-state index contributed by atoms with van der Waals surface area (Å²) in [6.07, 6.45) is 0.517. The molecule has 21 heavy (non-hydrogen) atoms. The van der Waals surface area contributed by atoms with E-state index in [2.05, 4.69) is 15.4 Å². The Hall–Kier alpha value is -2.41. The molecule has 2 amide bonds. The molecule has 0 saturated carbocycles. The predicted octanol–water partition coefficient (Wildman–Crippen LogP) is 0.299. The molecule has 0 aliphatic heterocycles. The van der Waals surface area contributed by atoms with Gasteiger partial charge in [0.15, 0.2) is 0 Å². The SMILES string of the molecule is CCC(CO)NC(=O)C(=O)Nc1ccc(C(=O)OC)cc1. The zero-order valence-electron chi connectivity index (χ0n) is 11.9. The van der Waals surface area contributed by atoms with Crippen molar-refractivity contribution in [1.82, 2.24) is 5.32 Å². The van der Waals surface area contributed by atoms with Gasteiger partial charge in [-0.25, -0.2) is 4.79 Å². The summed E-state index contributed by atoms with van der Waals surface area (Å²) in [4.78, 5) is 34.5. The van der Waals surface area contributed by atoms with Crippen LogP contribution in [-0.2, 0) is 14.3 Å². The second kappa shape index (κ2) is 8.01. The highest BCUT2D eigenvalue weighted by molar-refractivity contribution is 6.39. The quantitative estimate of drug-likeness (QED) is 0.535. The van der Waals surface area contributed by atoms with Gasteiger partial charge in [0.2, 0.25) is 0 Å². The minimum absolute atomic E-state index is 0.233. The van der Waals surface area contributed by atoms with Crippen molar-refractivity contribution in [3.05, 3.63) is 29.8 Å². The third-order valence-electron chi connectivity index (χ3n) is 2.82. The Labute approximate surface area is 122 Å². The molecular weight excluding hydrogens is 276 g/mol. The Kier molecular flexibility index (Phi) is 6.35. The van der Waals surface area contributed by atoms with E-state index in [4.69, 9.17) is 5.11 Å². The summed E-state index contributed by atoms with van der Waals surface area (Å²) < 4.78 is 4.55. The number of hydrogen-bond donors (Lipinski definition) is 3. The number of aliphatic hydroxyl groups is 1. The fourth-order valence-electron chi connectivity index (χ4n) is 1.52. The van der Waals surface area contributed by atoms with Crippen LogP contribution in [0.2, 0.25) is 0 Å². The molecule has 1 aromatic carbocycles. The van der Waals surface area contributed by atoms with Crippen LogP contribution in [0.4, 0.5) is 5.69 Å². The molecular formula is C14H18N2O5. The molecule has 0 aliphatic carbocycles. The molecule has 0 aliphatic rings. The number of benzene rings is 1. The van der Waals surface area contributed by atoms with Gasteiger partial charge in [-0.1, -0.05) is 6.92 Å². The van der Waals surface area contributed by atoms with E-state index in [0.717, 1.165) is 0 Å². The van der Waals surface area contributed by atoms with Crippen LogP contribution in [0.5, 0.6) is 0 Å². The van der Waals surface area contributed by atoms with Gasteiger partial charge >= 0.3 is 17.8 Å². The summed E-state index contributed by atoms with van der Waals surface area (Å²) in [5, 5.41) is 13.8. The van der Waals surface area contributed by atoms with E-state index in [1.807, 2.05) is 0 Å². The third kappa shape index (κ3) is 4.88. The summed E-state index contributed by atoms with van der Waals surface area (Å²) in [7, 11) is 1.27. The van der Waals surface area contributed by atoms with Crippen LogP contribution in [0.25, 0.3) is 0 Å². The van der Waals surface area contributed by atoms with Gasteiger partial charge in [-0.05, 0) is 30.7 Å². The monoisotopic (exact) mass is 294 g/mol. The van der Waals surface area contributed by atoms with E-state index in [0.29, 0.717) is 17.7 Å². The number of hydrogen-bond acceptors (Lipinski definition) is 5. The van der Waals surface area contributed by atoms with Crippen LogP contribution in [0, 0.1) is 0 Å². The number of esters is 1. The number of anilines is 1. The van der Waals surface area contributed by atoms with Gasteiger partial charge in [0.05, 0.1) is 25.3 Å². The van der Waals surface area contributed by atoms with E-state index in [1.165, 1.54) is 31.4 Å². The molecule has 0 bridgehead atoms. The predicted molar refractivity (Wildman–Crippen MR) is 75.7 cm³/mol. The van der Waals surface area contributed by atoms with Crippen molar-refractivity contribution in [1.29, 1.82) is 0 Å². The number of carbonyl (C=O) groups excluding carboxylic acids is 3. The Morgan fingerprint density at radius 2 is 1.81 bits per heavy atom. The van der Waals surface area contributed by atoms with Gasteiger partial charge in [0.25, 0.3) is 0 Å². The van der Waals surface area contributed by atoms with Gasteiger partial charge < -0.3 is 20.5 Å². The molecule has 0 heterocycles.